The van der Waals surface area contributed by atoms with E-state index < -0.39 is 11.7 Å². The molecular formula is C22H25F3N2O. The second-order valence-corrected chi connectivity index (χ2v) is 7.45. The van der Waals surface area contributed by atoms with Crippen LogP contribution in [-0.2, 0) is 17.4 Å². The lowest BCUT2D eigenvalue weighted by Crippen LogP contribution is -2.38. The van der Waals surface area contributed by atoms with Crippen molar-refractivity contribution in [3.8, 4) is 0 Å². The van der Waals surface area contributed by atoms with Crippen molar-refractivity contribution >= 4 is 5.91 Å². The van der Waals surface area contributed by atoms with E-state index in [1.807, 2.05) is 30.9 Å². The molecule has 2 aromatic rings. The van der Waals surface area contributed by atoms with Gasteiger partial charge in [-0.15, -0.1) is 0 Å². The first kappa shape index (κ1) is 20.4. The van der Waals surface area contributed by atoms with E-state index in [0.717, 1.165) is 42.4 Å². The molecule has 1 aliphatic rings. The summed E-state index contributed by atoms with van der Waals surface area (Å²) in [5, 5.41) is 0. The highest BCUT2D eigenvalue weighted by atomic mass is 19.4. The highest BCUT2D eigenvalue weighted by Crippen LogP contribution is 2.31. The number of hydrogen-bond acceptors (Lipinski definition) is 2. The van der Waals surface area contributed by atoms with Gasteiger partial charge in [0.15, 0.2) is 0 Å². The van der Waals surface area contributed by atoms with Crippen LogP contribution in [0.5, 0.6) is 0 Å². The Morgan fingerprint density at radius 1 is 1.21 bits per heavy atom. The molecule has 28 heavy (non-hydrogen) atoms. The summed E-state index contributed by atoms with van der Waals surface area (Å²) in [5.74, 6) is 0.325. The van der Waals surface area contributed by atoms with Gasteiger partial charge in [-0.3, -0.25) is 9.78 Å². The molecule has 0 N–H and O–H groups in total. The number of benzene rings is 1. The van der Waals surface area contributed by atoms with E-state index in [0.29, 0.717) is 24.9 Å². The Morgan fingerprint density at radius 2 is 2.00 bits per heavy atom. The van der Waals surface area contributed by atoms with Gasteiger partial charge in [0.05, 0.1) is 5.56 Å². The molecule has 2 heterocycles. The van der Waals surface area contributed by atoms with Crippen LogP contribution >= 0.6 is 0 Å². The first-order chi connectivity index (χ1) is 13.3. The lowest BCUT2D eigenvalue weighted by atomic mass is 9.92. The molecule has 6 heteroatoms. The molecule has 1 saturated heterocycles. The monoisotopic (exact) mass is 390 g/mol. The molecule has 1 fully saturated rings. The third-order valence-electron chi connectivity index (χ3n) is 5.19. The van der Waals surface area contributed by atoms with Gasteiger partial charge in [-0.2, -0.15) is 13.2 Å². The molecule has 3 nitrogen and oxygen atoms in total. The quantitative estimate of drug-likeness (QED) is 0.726. The smallest absolute Gasteiger partial charge is 0.342 e. The number of halogens is 3. The molecule has 150 valence electrons. The van der Waals surface area contributed by atoms with Crippen molar-refractivity contribution in [3.63, 3.8) is 0 Å². The predicted octanol–water partition coefficient (Wildman–Crippen LogP) is 5.12. The molecular weight excluding hydrogens is 365 g/mol. The molecule has 3 rings (SSSR count). The Bertz CT molecular complexity index is 848. The SMILES string of the molecule is CCC(=O)N1CCC[C@H](c2cc(Cc3cccc(C(F)(F)F)c3)cc(C)n2)C1. The van der Waals surface area contributed by atoms with Crippen LogP contribution in [0.3, 0.4) is 0 Å². The van der Waals surface area contributed by atoms with Gasteiger partial charge in [0.2, 0.25) is 5.91 Å². The van der Waals surface area contributed by atoms with Crippen LogP contribution in [0.1, 0.15) is 60.2 Å². The van der Waals surface area contributed by atoms with E-state index >= 15 is 0 Å². The molecule has 0 radical (unpaired) electrons. The fraction of sp³-hybridized carbons (Fsp3) is 0.455. The van der Waals surface area contributed by atoms with Crippen molar-refractivity contribution in [2.24, 2.45) is 0 Å². The third-order valence-corrected chi connectivity index (χ3v) is 5.19. The number of nitrogens with zero attached hydrogens (tertiary/aromatic N) is 2. The van der Waals surface area contributed by atoms with Crippen LogP contribution < -0.4 is 0 Å². The number of piperidine rings is 1. The molecule has 1 aromatic heterocycles. The zero-order valence-corrected chi connectivity index (χ0v) is 16.2. The van der Waals surface area contributed by atoms with Crippen LogP contribution in [0.4, 0.5) is 13.2 Å². The maximum atomic E-state index is 13.0. The number of aromatic nitrogens is 1. The lowest BCUT2D eigenvalue weighted by Gasteiger charge is -2.32. The molecule has 1 amide bonds. The number of carbonyl (C=O) groups is 1. The van der Waals surface area contributed by atoms with E-state index in [1.165, 1.54) is 12.1 Å². The van der Waals surface area contributed by atoms with Crippen molar-refractivity contribution in [2.45, 2.75) is 51.6 Å². The van der Waals surface area contributed by atoms with Crippen molar-refractivity contribution in [3.05, 3.63) is 64.5 Å². The van der Waals surface area contributed by atoms with Crippen LogP contribution in [0.25, 0.3) is 0 Å². The largest absolute Gasteiger partial charge is 0.416 e. The number of aryl methyl sites for hydroxylation is 1. The minimum atomic E-state index is -4.34. The van der Waals surface area contributed by atoms with E-state index in [9.17, 15) is 18.0 Å². The number of pyridine rings is 1. The van der Waals surface area contributed by atoms with Gasteiger partial charge in [-0.1, -0.05) is 25.1 Å². The van der Waals surface area contributed by atoms with E-state index in [4.69, 9.17) is 0 Å². The molecule has 0 bridgehead atoms. The van der Waals surface area contributed by atoms with Crippen molar-refractivity contribution in [1.29, 1.82) is 0 Å². The van der Waals surface area contributed by atoms with Crippen LogP contribution in [0, 0.1) is 6.92 Å². The maximum absolute atomic E-state index is 13.0. The number of hydrogen-bond donors (Lipinski definition) is 0. The van der Waals surface area contributed by atoms with Crippen molar-refractivity contribution < 1.29 is 18.0 Å². The highest BCUT2D eigenvalue weighted by molar-refractivity contribution is 5.76. The lowest BCUT2D eigenvalue weighted by molar-refractivity contribution is -0.137. The summed E-state index contributed by atoms with van der Waals surface area (Å²) in [4.78, 5) is 18.6. The van der Waals surface area contributed by atoms with Crippen molar-refractivity contribution in [2.75, 3.05) is 13.1 Å². The molecule has 0 saturated carbocycles. The topological polar surface area (TPSA) is 33.2 Å². The number of carbonyl (C=O) groups excluding carboxylic acids is 1. The number of likely N-dealkylation sites (tertiary alicyclic amines) is 1. The molecule has 1 atom stereocenters. The first-order valence-corrected chi connectivity index (χ1v) is 9.67. The molecule has 0 aliphatic carbocycles. The minimum absolute atomic E-state index is 0.154. The fourth-order valence-corrected chi connectivity index (χ4v) is 3.84. The summed E-state index contributed by atoms with van der Waals surface area (Å²) in [6.07, 6.45) is -1.52. The van der Waals surface area contributed by atoms with Crippen LogP contribution in [-0.4, -0.2) is 28.9 Å². The predicted molar refractivity (Wildman–Crippen MR) is 102 cm³/mol. The Kier molecular flexibility index (Phi) is 6.06. The van der Waals surface area contributed by atoms with Gasteiger partial charge >= 0.3 is 6.18 Å². The maximum Gasteiger partial charge on any atom is 0.416 e. The Balaban J connectivity index is 1.81. The van der Waals surface area contributed by atoms with Crippen LogP contribution in [0.15, 0.2) is 36.4 Å². The average molecular weight is 390 g/mol. The van der Waals surface area contributed by atoms with Gasteiger partial charge < -0.3 is 4.90 Å². The first-order valence-electron chi connectivity index (χ1n) is 9.67. The Hall–Kier alpha value is -2.37. The standard InChI is InChI=1S/C22H25F3N2O/c1-3-21(28)27-9-5-7-18(14-27)20-13-17(10-15(2)26-20)11-16-6-4-8-19(12-16)22(23,24)25/h4,6,8,10,12-13,18H,3,5,7,9,11,14H2,1-2H3/t18-/m0/s1. The second kappa shape index (κ2) is 8.33. The van der Waals surface area contributed by atoms with Crippen molar-refractivity contribution in [1.82, 2.24) is 9.88 Å². The zero-order chi connectivity index (χ0) is 20.3. The van der Waals surface area contributed by atoms with Gasteiger partial charge in [-0.05, 0) is 55.5 Å². The minimum Gasteiger partial charge on any atom is -0.342 e. The fourth-order valence-electron chi connectivity index (χ4n) is 3.84. The highest BCUT2D eigenvalue weighted by Gasteiger charge is 2.30. The summed E-state index contributed by atoms with van der Waals surface area (Å²) < 4.78 is 38.9. The second-order valence-electron chi connectivity index (χ2n) is 7.45. The number of amides is 1. The summed E-state index contributed by atoms with van der Waals surface area (Å²) in [7, 11) is 0. The van der Waals surface area contributed by atoms with Gasteiger partial charge in [0.25, 0.3) is 0 Å². The average Bonchev–Trinajstić information content (AvgIpc) is 2.66. The normalized spacial score (nSPS) is 17.6. The van der Waals surface area contributed by atoms with Crippen LogP contribution in [0.2, 0.25) is 0 Å². The number of alkyl halides is 3. The van der Waals surface area contributed by atoms with Gasteiger partial charge in [-0.25, -0.2) is 0 Å². The Morgan fingerprint density at radius 3 is 2.71 bits per heavy atom. The van der Waals surface area contributed by atoms with Gasteiger partial charge in [0, 0.05) is 36.8 Å². The summed E-state index contributed by atoms with van der Waals surface area (Å²) >= 11 is 0. The van der Waals surface area contributed by atoms with E-state index in [1.54, 1.807) is 6.07 Å². The third kappa shape index (κ3) is 4.91. The van der Waals surface area contributed by atoms with Gasteiger partial charge in [0.1, 0.15) is 0 Å². The number of rotatable bonds is 4. The molecule has 0 spiro atoms. The molecule has 1 aliphatic heterocycles. The van der Waals surface area contributed by atoms with E-state index in [-0.39, 0.29) is 11.8 Å². The summed E-state index contributed by atoms with van der Waals surface area (Å²) in [5.41, 5.74) is 2.71. The Labute approximate surface area is 163 Å². The summed E-state index contributed by atoms with van der Waals surface area (Å²) in [6.45, 7) is 5.21. The van der Waals surface area contributed by atoms with E-state index in [2.05, 4.69) is 4.98 Å². The molecule has 1 aromatic carbocycles. The summed E-state index contributed by atoms with van der Waals surface area (Å²) in [6, 6.07) is 9.36. The zero-order valence-electron chi connectivity index (χ0n) is 16.2. The molecule has 0 unspecified atom stereocenters.